The number of likely N-dealkylation sites (tertiary alicyclic amines) is 1. The Morgan fingerprint density at radius 1 is 1.06 bits per heavy atom. The van der Waals surface area contributed by atoms with Crippen LogP contribution in [0.3, 0.4) is 0 Å². The number of carbonyl (C=O) groups is 6. The number of carbonyl (C=O) groups excluding carboxylic acids is 4. The topological polar surface area (TPSA) is 242 Å². The Morgan fingerprint density at radius 3 is 2.16 bits per heavy atom. The molecular formula is C17H27N5O9. The van der Waals surface area contributed by atoms with Gasteiger partial charge in [-0.1, -0.05) is 0 Å². The molecule has 0 spiro atoms. The first-order valence-electron chi connectivity index (χ1n) is 9.42. The van der Waals surface area contributed by atoms with Crippen molar-refractivity contribution in [3.8, 4) is 0 Å². The molecule has 5 unspecified atom stereocenters. The zero-order valence-corrected chi connectivity index (χ0v) is 16.8. The number of nitrogens with one attached hydrogen (secondary N) is 2. The molecule has 0 radical (unpaired) electrons. The van der Waals surface area contributed by atoms with Gasteiger partial charge in [-0.2, -0.15) is 0 Å². The molecule has 1 rings (SSSR count). The van der Waals surface area contributed by atoms with Crippen molar-refractivity contribution in [1.29, 1.82) is 0 Å². The molecule has 0 aliphatic carbocycles. The fourth-order valence-electron chi connectivity index (χ4n) is 3.10. The number of carboxylic acid groups (broad SMARTS) is 2. The number of nitrogens with two attached hydrogens (primary N) is 2. The minimum absolute atomic E-state index is 0.0988. The quantitative estimate of drug-likeness (QED) is 0.163. The van der Waals surface area contributed by atoms with Gasteiger partial charge in [-0.25, -0.2) is 4.79 Å². The summed E-state index contributed by atoms with van der Waals surface area (Å²) in [6, 6.07) is -5.79. The van der Waals surface area contributed by atoms with E-state index in [1.807, 2.05) is 0 Å². The highest BCUT2D eigenvalue weighted by atomic mass is 16.4. The molecule has 0 bridgehead atoms. The van der Waals surface area contributed by atoms with Gasteiger partial charge in [0, 0.05) is 6.54 Å². The van der Waals surface area contributed by atoms with Crippen LogP contribution >= 0.6 is 0 Å². The van der Waals surface area contributed by atoms with E-state index in [2.05, 4.69) is 10.6 Å². The van der Waals surface area contributed by atoms with Crippen LogP contribution in [-0.4, -0.2) is 92.6 Å². The smallest absolute Gasteiger partial charge is 0.326 e. The van der Waals surface area contributed by atoms with Gasteiger partial charge in [-0.15, -0.1) is 0 Å². The van der Waals surface area contributed by atoms with Crippen molar-refractivity contribution < 1.29 is 44.1 Å². The first kappa shape index (κ1) is 25.8. The third-order valence-electron chi connectivity index (χ3n) is 4.63. The lowest BCUT2D eigenvalue weighted by Crippen LogP contribution is -2.60. The van der Waals surface area contributed by atoms with E-state index in [1.54, 1.807) is 0 Å². The van der Waals surface area contributed by atoms with E-state index < -0.39 is 78.7 Å². The largest absolute Gasteiger partial charge is 0.481 e. The van der Waals surface area contributed by atoms with Crippen LogP contribution in [0.2, 0.25) is 0 Å². The summed E-state index contributed by atoms with van der Waals surface area (Å²) < 4.78 is 0. The van der Waals surface area contributed by atoms with Crippen LogP contribution in [0.1, 0.15) is 32.6 Å². The number of hydrogen-bond acceptors (Lipinski definition) is 8. The number of amides is 4. The lowest BCUT2D eigenvalue weighted by atomic mass is 10.1. The molecule has 1 aliphatic heterocycles. The van der Waals surface area contributed by atoms with Gasteiger partial charge >= 0.3 is 11.9 Å². The number of aliphatic hydroxyl groups is 1. The van der Waals surface area contributed by atoms with E-state index >= 15 is 0 Å². The molecule has 1 heterocycles. The second kappa shape index (κ2) is 11.2. The molecule has 0 aromatic rings. The Balaban J connectivity index is 2.98. The maximum absolute atomic E-state index is 12.8. The Hall–Kier alpha value is -3.26. The third-order valence-corrected chi connectivity index (χ3v) is 4.63. The van der Waals surface area contributed by atoms with Gasteiger partial charge in [0.25, 0.3) is 0 Å². The summed E-state index contributed by atoms with van der Waals surface area (Å²) in [4.78, 5) is 71.8. The standard InChI is InChI=1S/C17H27N5O9/c1-7(23)13(21-14(27)8(18)5-12(25)26)15(28)20-9(6-11(19)24)16(29)22-4-2-3-10(22)17(30)31/h7-10,13,23H,2-6,18H2,1H3,(H2,19,24)(H,20,28)(H,21,27)(H,25,26)(H,30,31). The van der Waals surface area contributed by atoms with Crippen LogP contribution < -0.4 is 22.1 Å². The second-order valence-corrected chi connectivity index (χ2v) is 7.19. The van der Waals surface area contributed by atoms with E-state index in [0.29, 0.717) is 6.42 Å². The van der Waals surface area contributed by atoms with Gasteiger partial charge in [0.05, 0.1) is 25.0 Å². The number of primary amides is 1. The normalized spacial score (nSPS) is 19.6. The van der Waals surface area contributed by atoms with Crippen molar-refractivity contribution in [2.45, 2.75) is 62.9 Å². The molecule has 4 amide bonds. The summed E-state index contributed by atoms with van der Waals surface area (Å²) in [6.45, 7) is 1.25. The van der Waals surface area contributed by atoms with E-state index in [0.717, 1.165) is 11.8 Å². The number of rotatable bonds is 11. The van der Waals surface area contributed by atoms with Gasteiger partial charge in [-0.05, 0) is 19.8 Å². The highest BCUT2D eigenvalue weighted by molar-refractivity contribution is 5.96. The molecule has 9 N–H and O–H groups in total. The summed E-state index contributed by atoms with van der Waals surface area (Å²) in [5, 5.41) is 32.1. The summed E-state index contributed by atoms with van der Waals surface area (Å²) >= 11 is 0. The van der Waals surface area contributed by atoms with Gasteiger partial charge in [0.1, 0.15) is 18.1 Å². The van der Waals surface area contributed by atoms with E-state index in [4.69, 9.17) is 16.6 Å². The zero-order valence-electron chi connectivity index (χ0n) is 16.8. The predicted molar refractivity (Wildman–Crippen MR) is 102 cm³/mol. The van der Waals surface area contributed by atoms with E-state index in [-0.39, 0.29) is 13.0 Å². The molecule has 1 saturated heterocycles. The van der Waals surface area contributed by atoms with Crippen molar-refractivity contribution in [2.24, 2.45) is 11.5 Å². The van der Waals surface area contributed by atoms with Crippen molar-refractivity contribution in [1.82, 2.24) is 15.5 Å². The molecule has 1 aliphatic rings. The highest BCUT2D eigenvalue weighted by Gasteiger charge is 2.39. The van der Waals surface area contributed by atoms with E-state index in [1.165, 1.54) is 0 Å². The second-order valence-electron chi connectivity index (χ2n) is 7.19. The molecule has 14 heteroatoms. The summed E-state index contributed by atoms with van der Waals surface area (Å²) in [7, 11) is 0. The minimum Gasteiger partial charge on any atom is -0.481 e. The molecule has 14 nitrogen and oxygen atoms in total. The molecule has 0 aromatic carbocycles. The van der Waals surface area contributed by atoms with Gasteiger partial charge in [0.2, 0.25) is 23.6 Å². The summed E-state index contributed by atoms with van der Waals surface area (Å²) in [6.07, 6.45) is -2.25. The monoisotopic (exact) mass is 445 g/mol. The molecular weight excluding hydrogens is 418 g/mol. The minimum atomic E-state index is -1.63. The fraction of sp³-hybridized carbons (Fsp3) is 0.647. The fourth-order valence-corrected chi connectivity index (χ4v) is 3.10. The number of hydrogen-bond donors (Lipinski definition) is 7. The summed E-state index contributed by atoms with van der Waals surface area (Å²) in [5.74, 6) is -6.51. The molecule has 31 heavy (non-hydrogen) atoms. The van der Waals surface area contributed by atoms with Crippen molar-refractivity contribution >= 4 is 35.6 Å². The van der Waals surface area contributed by atoms with Gasteiger partial charge in [-0.3, -0.25) is 24.0 Å². The van der Waals surface area contributed by atoms with Gasteiger partial charge < -0.3 is 42.3 Å². The van der Waals surface area contributed by atoms with Crippen LogP contribution in [0.4, 0.5) is 0 Å². The Labute approximate surface area is 176 Å². The first-order chi connectivity index (χ1) is 14.3. The number of aliphatic hydroxyl groups excluding tert-OH is 1. The van der Waals surface area contributed by atoms with Crippen molar-refractivity contribution in [2.75, 3.05) is 6.54 Å². The molecule has 0 saturated carbocycles. The third kappa shape index (κ3) is 7.49. The predicted octanol–water partition coefficient (Wildman–Crippen LogP) is -3.91. The van der Waals surface area contributed by atoms with Crippen molar-refractivity contribution in [3.63, 3.8) is 0 Å². The first-order valence-corrected chi connectivity index (χ1v) is 9.42. The number of aliphatic carboxylic acids is 2. The summed E-state index contributed by atoms with van der Waals surface area (Å²) in [5.41, 5.74) is 10.6. The van der Waals surface area contributed by atoms with Crippen LogP contribution in [0.25, 0.3) is 0 Å². The van der Waals surface area contributed by atoms with Gasteiger partial charge in [0.15, 0.2) is 0 Å². The van der Waals surface area contributed by atoms with Crippen LogP contribution in [0.15, 0.2) is 0 Å². The molecule has 174 valence electrons. The number of carboxylic acids is 2. The van der Waals surface area contributed by atoms with Crippen LogP contribution in [-0.2, 0) is 28.8 Å². The SMILES string of the molecule is CC(O)C(NC(=O)C(N)CC(=O)O)C(=O)NC(CC(N)=O)C(=O)N1CCCC1C(=O)O. The number of nitrogens with zero attached hydrogens (tertiary/aromatic N) is 1. The Kier molecular flexibility index (Phi) is 9.33. The molecule has 1 fully saturated rings. The molecule has 5 atom stereocenters. The maximum Gasteiger partial charge on any atom is 0.326 e. The van der Waals surface area contributed by atoms with Crippen LogP contribution in [0.5, 0.6) is 0 Å². The average molecular weight is 445 g/mol. The van der Waals surface area contributed by atoms with Crippen LogP contribution in [0, 0.1) is 0 Å². The van der Waals surface area contributed by atoms with Crippen molar-refractivity contribution in [3.05, 3.63) is 0 Å². The Morgan fingerprint density at radius 2 is 1.68 bits per heavy atom. The lowest BCUT2D eigenvalue weighted by Gasteiger charge is -2.29. The molecule has 0 aromatic heterocycles. The maximum atomic E-state index is 12.8. The zero-order chi connectivity index (χ0) is 23.9. The average Bonchev–Trinajstić information content (AvgIpc) is 3.13. The lowest BCUT2D eigenvalue weighted by molar-refractivity contribution is -0.150. The van der Waals surface area contributed by atoms with E-state index in [9.17, 15) is 39.0 Å². The highest BCUT2D eigenvalue weighted by Crippen LogP contribution is 2.19. The Bertz CT molecular complexity index is 742.